The molecule has 1 fully saturated rings. The maximum Gasteiger partial charge on any atom is 0.352 e. The van der Waals surface area contributed by atoms with Crippen LogP contribution in [0.4, 0.5) is 27.8 Å². The Balaban J connectivity index is 2.47. The number of hydrogen-bond donors (Lipinski definition) is 4. The molecule has 0 saturated carbocycles. The van der Waals surface area contributed by atoms with Crippen LogP contribution in [0.5, 0.6) is 0 Å². The number of aliphatic hydroxyl groups is 1. The highest BCUT2D eigenvalue weighted by molar-refractivity contribution is 8.10. The van der Waals surface area contributed by atoms with E-state index in [9.17, 15) is 32.7 Å². The summed E-state index contributed by atoms with van der Waals surface area (Å²) in [5.74, 6) is -8.73. The Morgan fingerprint density at radius 3 is 2.05 bits per heavy atom. The van der Waals surface area contributed by atoms with Crippen LogP contribution >= 0.6 is 6.57 Å². The highest BCUT2D eigenvalue weighted by Crippen LogP contribution is 2.52. The van der Waals surface area contributed by atoms with Crippen molar-refractivity contribution < 1.29 is 55.4 Å². The lowest BCUT2D eigenvalue weighted by Crippen LogP contribution is -2.55. The largest absolute Gasteiger partial charge is 0.462 e. The number of halogens is 5. The Hall–Kier alpha value is -2.28. The van der Waals surface area contributed by atoms with E-state index in [1.165, 1.54) is 13.8 Å². The number of nitrogen functional groups attached to an aromatic ring is 1. The van der Waals surface area contributed by atoms with E-state index < -0.39 is 97.0 Å². The standard InChI is InChI=1S/C22H33F5N5O8PS/c1-9(2)38-15(33)11(5)30-41(42,31-12(6)16(34)39-10(3)4)37-8-21(18(24)25)17(35)22(26,27)19(40-21)32-7-13(23)14(28)29-20(32)36/h7,9-12,17-19,35H,8H2,1-6H3,(H2,28,29,36)(H2,30,31,42). The Labute approximate surface area is 242 Å². The Kier molecular flexibility index (Phi) is 11.6. The topological polar surface area (TPSA) is 176 Å². The molecule has 20 heteroatoms. The number of aromatic nitrogens is 2. The number of aliphatic hydroxyl groups excluding tert-OH is 1. The van der Waals surface area contributed by atoms with Crippen molar-refractivity contribution in [1.82, 2.24) is 19.7 Å². The summed E-state index contributed by atoms with van der Waals surface area (Å²) in [5, 5.41) is 15.5. The summed E-state index contributed by atoms with van der Waals surface area (Å²) in [6, 6.07) is -2.54. The van der Waals surface area contributed by atoms with E-state index in [0.717, 1.165) is 0 Å². The molecule has 42 heavy (non-hydrogen) atoms. The van der Waals surface area contributed by atoms with Gasteiger partial charge in [0.1, 0.15) is 12.1 Å². The number of nitrogens with one attached hydrogen (secondary N) is 2. The zero-order valence-electron chi connectivity index (χ0n) is 23.3. The van der Waals surface area contributed by atoms with Crippen LogP contribution in [0, 0.1) is 5.82 Å². The van der Waals surface area contributed by atoms with E-state index in [2.05, 4.69) is 15.2 Å². The fourth-order valence-corrected chi connectivity index (χ4v) is 6.56. The van der Waals surface area contributed by atoms with Gasteiger partial charge in [-0.15, -0.1) is 0 Å². The van der Waals surface area contributed by atoms with E-state index in [1.54, 1.807) is 27.7 Å². The van der Waals surface area contributed by atoms with Gasteiger partial charge in [0, 0.05) is 0 Å². The first-order valence-electron chi connectivity index (χ1n) is 12.4. The zero-order chi connectivity index (χ0) is 32.4. The summed E-state index contributed by atoms with van der Waals surface area (Å²) in [6.45, 7) is 3.15. The van der Waals surface area contributed by atoms with E-state index in [0.29, 0.717) is 0 Å². The summed E-state index contributed by atoms with van der Waals surface area (Å²) >= 11 is 5.41. The van der Waals surface area contributed by atoms with Gasteiger partial charge >= 0.3 is 23.6 Å². The minimum atomic E-state index is -4.63. The van der Waals surface area contributed by atoms with E-state index in [1.807, 2.05) is 0 Å². The van der Waals surface area contributed by atoms with Crippen LogP contribution in [0.3, 0.4) is 0 Å². The maximum absolute atomic E-state index is 15.2. The molecule has 0 bridgehead atoms. The first-order valence-corrected chi connectivity index (χ1v) is 15.2. The molecule has 0 aliphatic carbocycles. The number of anilines is 1. The minimum absolute atomic E-state index is 0.139. The van der Waals surface area contributed by atoms with Crippen molar-refractivity contribution >= 4 is 36.1 Å². The molecule has 5 N–H and O–H groups in total. The number of carbonyl (C=O) groups excluding carboxylic acids is 2. The van der Waals surface area contributed by atoms with Gasteiger partial charge in [0.15, 0.2) is 29.9 Å². The lowest BCUT2D eigenvalue weighted by atomic mass is 9.96. The predicted molar refractivity (Wildman–Crippen MR) is 141 cm³/mol. The van der Waals surface area contributed by atoms with Gasteiger partial charge in [-0.25, -0.2) is 28.1 Å². The number of alkyl halides is 4. The summed E-state index contributed by atoms with van der Waals surface area (Å²) in [6.07, 6.45) is -11.2. The summed E-state index contributed by atoms with van der Waals surface area (Å²) in [7, 11) is 0. The molecule has 1 aliphatic rings. The Bertz CT molecular complexity index is 1220. The monoisotopic (exact) mass is 653 g/mol. The maximum atomic E-state index is 15.2. The third-order valence-corrected chi connectivity index (χ3v) is 8.55. The molecule has 1 aromatic rings. The van der Waals surface area contributed by atoms with Crippen molar-refractivity contribution in [2.24, 2.45) is 0 Å². The summed E-state index contributed by atoms with van der Waals surface area (Å²) in [4.78, 5) is 40.0. The van der Waals surface area contributed by atoms with E-state index in [4.69, 9.17) is 36.3 Å². The van der Waals surface area contributed by atoms with Crippen molar-refractivity contribution in [3.63, 3.8) is 0 Å². The van der Waals surface area contributed by atoms with E-state index >= 15 is 8.78 Å². The number of esters is 2. The Morgan fingerprint density at radius 1 is 1.14 bits per heavy atom. The molecule has 240 valence electrons. The number of ether oxygens (including phenoxy) is 3. The second-order valence-corrected chi connectivity index (χ2v) is 13.4. The van der Waals surface area contributed by atoms with Gasteiger partial charge in [-0.1, -0.05) is 0 Å². The number of rotatable bonds is 13. The van der Waals surface area contributed by atoms with Crippen molar-refractivity contribution in [1.29, 1.82) is 0 Å². The van der Waals surface area contributed by atoms with Crippen LogP contribution < -0.4 is 21.6 Å². The van der Waals surface area contributed by atoms with Crippen LogP contribution in [-0.4, -0.2) is 81.5 Å². The molecule has 5 atom stereocenters. The second kappa shape index (κ2) is 13.6. The third-order valence-electron chi connectivity index (χ3n) is 5.65. The van der Waals surface area contributed by atoms with Gasteiger partial charge in [0.25, 0.3) is 6.43 Å². The molecule has 2 rings (SSSR count). The van der Waals surface area contributed by atoms with Gasteiger partial charge in [0.2, 0.25) is 6.23 Å². The smallest absolute Gasteiger partial charge is 0.352 e. The van der Waals surface area contributed by atoms with Gasteiger partial charge in [-0.2, -0.15) is 13.8 Å². The fourth-order valence-electron chi connectivity index (χ4n) is 3.61. The number of nitrogens with two attached hydrogens (primary N) is 1. The average molecular weight is 654 g/mol. The first-order chi connectivity index (χ1) is 19.2. The molecular formula is C22H33F5N5O8PS. The number of hydrogen-bond acceptors (Lipinski definition) is 11. The van der Waals surface area contributed by atoms with Gasteiger partial charge in [-0.3, -0.25) is 14.2 Å². The molecule has 2 heterocycles. The van der Waals surface area contributed by atoms with Crippen LogP contribution in [-0.2, 0) is 40.1 Å². The summed E-state index contributed by atoms with van der Waals surface area (Å²) in [5.41, 5.74) is 0.0138. The SMILES string of the molecule is CC(C)OC(=O)C(C)NP(=S)(NC(C)C(=O)OC(C)C)OCC1(C(F)F)OC(n2cc(F)c(N)nc2=O)C(F)(F)C1O. The quantitative estimate of drug-likeness (QED) is 0.137. The van der Waals surface area contributed by atoms with Gasteiger partial charge < -0.3 is 29.6 Å². The molecule has 1 aliphatic heterocycles. The molecule has 13 nitrogen and oxygen atoms in total. The molecule has 0 radical (unpaired) electrons. The van der Waals surface area contributed by atoms with Crippen LogP contribution in [0.2, 0.25) is 0 Å². The molecule has 0 spiro atoms. The summed E-state index contributed by atoms with van der Waals surface area (Å²) < 4.78 is 93.6. The highest BCUT2D eigenvalue weighted by atomic mass is 32.4. The Morgan fingerprint density at radius 2 is 1.62 bits per heavy atom. The van der Waals surface area contributed by atoms with Gasteiger partial charge in [-0.05, 0) is 53.3 Å². The van der Waals surface area contributed by atoms with Crippen molar-refractivity contribution in [2.45, 2.75) is 96.1 Å². The third kappa shape index (κ3) is 8.00. The highest BCUT2D eigenvalue weighted by Gasteiger charge is 2.71. The lowest BCUT2D eigenvalue weighted by Gasteiger charge is -2.35. The predicted octanol–water partition coefficient (Wildman–Crippen LogP) is 1.59. The lowest BCUT2D eigenvalue weighted by molar-refractivity contribution is -0.192. The molecule has 5 unspecified atom stereocenters. The van der Waals surface area contributed by atoms with Crippen LogP contribution in [0.15, 0.2) is 11.0 Å². The van der Waals surface area contributed by atoms with Gasteiger partial charge in [0.05, 0.1) is 25.0 Å². The van der Waals surface area contributed by atoms with Crippen LogP contribution in [0.1, 0.15) is 47.8 Å². The molecular weight excluding hydrogens is 620 g/mol. The van der Waals surface area contributed by atoms with Crippen molar-refractivity contribution in [3.8, 4) is 0 Å². The van der Waals surface area contributed by atoms with Crippen molar-refractivity contribution in [3.05, 3.63) is 22.5 Å². The minimum Gasteiger partial charge on any atom is -0.462 e. The normalized spacial score (nSPS) is 24.9. The fraction of sp³-hybridized carbons (Fsp3) is 0.727. The molecule has 0 amide bonds. The van der Waals surface area contributed by atoms with Crippen LogP contribution in [0.25, 0.3) is 0 Å². The number of carbonyl (C=O) groups is 2. The average Bonchev–Trinajstić information content (AvgIpc) is 3.05. The molecule has 1 saturated heterocycles. The number of nitrogens with zero attached hydrogens (tertiary/aromatic N) is 2. The van der Waals surface area contributed by atoms with Crippen molar-refractivity contribution in [2.75, 3.05) is 12.3 Å². The first kappa shape index (κ1) is 35.9. The molecule has 1 aromatic heterocycles. The zero-order valence-corrected chi connectivity index (χ0v) is 25.1. The second-order valence-electron chi connectivity index (χ2n) is 9.96. The molecule has 0 aromatic carbocycles. The van der Waals surface area contributed by atoms with E-state index in [-0.39, 0.29) is 10.8 Å².